The lowest BCUT2D eigenvalue weighted by atomic mass is 9.98. The van der Waals surface area contributed by atoms with Crippen molar-refractivity contribution in [2.45, 2.75) is 50.7 Å². The molecule has 0 radical (unpaired) electrons. The molecule has 0 aromatic heterocycles. The van der Waals surface area contributed by atoms with Gasteiger partial charge in [-0.3, -0.25) is 4.79 Å². The molecule has 3 rings (SSSR count). The van der Waals surface area contributed by atoms with E-state index in [1.807, 2.05) is 42.5 Å². The van der Waals surface area contributed by atoms with E-state index in [1.54, 1.807) is 0 Å². The highest BCUT2D eigenvalue weighted by Crippen LogP contribution is 2.17. The van der Waals surface area contributed by atoms with E-state index in [-0.39, 0.29) is 6.10 Å². The molecule has 2 aromatic carbocycles. The third-order valence-corrected chi connectivity index (χ3v) is 4.58. The number of nitrogens with one attached hydrogen (secondary N) is 1. The minimum atomic E-state index is -0.649. The maximum Gasteiger partial charge on any atom is 0.328 e. The Bertz CT molecular complexity index is 710. The summed E-state index contributed by atoms with van der Waals surface area (Å²) in [5, 5.41) is 13.6. The van der Waals surface area contributed by atoms with Gasteiger partial charge in [-0.05, 0) is 29.2 Å². The fraction of sp³-hybridized carbons (Fsp3) is 0.429. The number of carbonyl (C=O) groups is 2. The lowest BCUT2D eigenvalue weighted by Crippen LogP contribution is -2.38. The Kier molecular flexibility index (Phi) is 8.09. The summed E-state index contributed by atoms with van der Waals surface area (Å²) in [6.07, 6.45) is 6.85. The SMILES string of the molecule is COC(=O)C(Cc1ccc2ccccc2c1)NC=O.OC1CCCCC1. The van der Waals surface area contributed by atoms with Crippen molar-refractivity contribution >= 4 is 23.2 Å². The van der Waals surface area contributed by atoms with Crippen molar-refractivity contribution in [1.29, 1.82) is 0 Å². The molecule has 5 nitrogen and oxygen atoms in total. The highest BCUT2D eigenvalue weighted by Gasteiger charge is 2.18. The number of carbonyl (C=O) groups excluding carboxylic acids is 2. The Hall–Kier alpha value is -2.40. The van der Waals surface area contributed by atoms with Crippen LogP contribution in [0.1, 0.15) is 37.7 Å². The van der Waals surface area contributed by atoms with Gasteiger partial charge in [0.1, 0.15) is 6.04 Å². The molecular weight excluding hydrogens is 330 g/mol. The molecule has 1 atom stereocenters. The number of aliphatic hydroxyl groups excluding tert-OH is 1. The number of rotatable bonds is 5. The molecule has 140 valence electrons. The van der Waals surface area contributed by atoms with Gasteiger partial charge in [0, 0.05) is 6.42 Å². The monoisotopic (exact) mass is 357 g/mol. The molecule has 1 aliphatic carbocycles. The van der Waals surface area contributed by atoms with Crippen LogP contribution in [0.5, 0.6) is 0 Å². The van der Waals surface area contributed by atoms with Crippen LogP contribution < -0.4 is 5.32 Å². The van der Waals surface area contributed by atoms with Crippen molar-refractivity contribution in [1.82, 2.24) is 5.32 Å². The number of aliphatic hydroxyl groups is 1. The van der Waals surface area contributed by atoms with E-state index in [0.717, 1.165) is 29.2 Å². The van der Waals surface area contributed by atoms with Crippen LogP contribution in [0.2, 0.25) is 0 Å². The average Bonchev–Trinajstić information content (AvgIpc) is 2.68. The second-order valence-electron chi connectivity index (χ2n) is 6.54. The van der Waals surface area contributed by atoms with E-state index in [1.165, 1.54) is 26.4 Å². The van der Waals surface area contributed by atoms with E-state index >= 15 is 0 Å². The molecule has 1 unspecified atom stereocenters. The van der Waals surface area contributed by atoms with Gasteiger partial charge in [-0.1, -0.05) is 61.7 Å². The highest BCUT2D eigenvalue weighted by molar-refractivity contribution is 5.83. The van der Waals surface area contributed by atoms with Crippen molar-refractivity contribution in [2.24, 2.45) is 0 Å². The van der Waals surface area contributed by atoms with Gasteiger partial charge in [0.2, 0.25) is 6.41 Å². The van der Waals surface area contributed by atoms with Crippen LogP contribution in [-0.4, -0.2) is 36.7 Å². The maximum absolute atomic E-state index is 11.5. The molecule has 0 spiro atoms. The summed E-state index contributed by atoms with van der Waals surface area (Å²) in [7, 11) is 1.31. The first-order chi connectivity index (χ1) is 12.6. The van der Waals surface area contributed by atoms with Crippen molar-refractivity contribution in [3.8, 4) is 0 Å². The maximum atomic E-state index is 11.5. The molecule has 26 heavy (non-hydrogen) atoms. The van der Waals surface area contributed by atoms with Gasteiger partial charge in [0.05, 0.1) is 13.2 Å². The number of esters is 1. The van der Waals surface area contributed by atoms with Gasteiger partial charge in [-0.2, -0.15) is 0 Å². The summed E-state index contributed by atoms with van der Waals surface area (Å²) in [6, 6.07) is 13.3. The van der Waals surface area contributed by atoms with E-state index in [9.17, 15) is 9.59 Å². The fourth-order valence-corrected chi connectivity index (χ4v) is 3.12. The standard InChI is InChI=1S/C15H15NO3.C6H12O/c1-19-15(18)14(16-10-17)9-11-6-7-12-4-2-3-5-13(12)8-11;7-6-4-2-1-3-5-6/h2-8,10,14H,9H2,1H3,(H,16,17);6-7H,1-5H2. The molecule has 0 aliphatic heterocycles. The first kappa shape index (κ1) is 19.9. The van der Waals surface area contributed by atoms with Crippen molar-refractivity contribution in [3.63, 3.8) is 0 Å². The summed E-state index contributed by atoms with van der Waals surface area (Å²) in [6.45, 7) is 0. The molecule has 1 amide bonds. The van der Waals surface area contributed by atoms with Crippen LogP contribution in [0.3, 0.4) is 0 Å². The van der Waals surface area contributed by atoms with Gasteiger partial charge >= 0.3 is 5.97 Å². The second-order valence-corrected chi connectivity index (χ2v) is 6.54. The molecule has 1 saturated carbocycles. The van der Waals surface area contributed by atoms with Gasteiger partial charge in [0.15, 0.2) is 0 Å². The Labute approximate surface area is 154 Å². The molecule has 2 N–H and O–H groups in total. The van der Waals surface area contributed by atoms with E-state index in [0.29, 0.717) is 12.8 Å². The van der Waals surface area contributed by atoms with Crippen LogP contribution in [0, 0.1) is 0 Å². The highest BCUT2D eigenvalue weighted by atomic mass is 16.5. The first-order valence-electron chi connectivity index (χ1n) is 9.07. The third kappa shape index (κ3) is 6.15. The molecule has 5 heteroatoms. The molecular formula is C21H27NO4. The van der Waals surface area contributed by atoms with Crippen LogP contribution in [0.4, 0.5) is 0 Å². The lowest BCUT2D eigenvalue weighted by molar-refractivity contribution is -0.144. The lowest BCUT2D eigenvalue weighted by Gasteiger charge is -2.14. The van der Waals surface area contributed by atoms with Gasteiger partial charge < -0.3 is 15.2 Å². The van der Waals surface area contributed by atoms with Crippen LogP contribution >= 0.6 is 0 Å². The average molecular weight is 357 g/mol. The minimum absolute atomic E-state index is 0.0359. The number of hydrogen-bond acceptors (Lipinski definition) is 4. The molecule has 1 fully saturated rings. The predicted molar refractivity (Wildman–Crippen MR) is 102 cm³/mol. The van der Waals surface area contributed by atoms with Crippen molar-refractivity contribution in [2.75, 3.05) is 7.11 Å². The number of methoxy groups -OCH3 is 1. The molecule has 0 saturated heterocycles. The van der Waals surface area contributed by atoms with Gasteiger partial charge in [0.25, 0.3) is 0 Å². The zero-order valence-corrected chi connectivity index (χ0v) is 15.2. The molecule has 0 heterocycles. The predicted octanol–water partition coefficient (Wildman–Crippen LogP) is 2.98. The quantitative estimate of drug-likeness (QED) is 0.637. The zero-order valence-electron chi connectivity index (χ0n) is 15.2. The summed E-state index contributed by atoms with van der Waals surface area (Å²) in [5.41, 5.74) is 0.975. The van der Waals surface area contributed by atoms with Crippen molar-refractivity contribution < 1.29 is 19.4 Å². The Morgan fingerprint density at radius 3 is 2.46 bits per heavy atom. The number of hydrogen-bond donors (Lipinski definition) is 2. The second kappa shape index (κ2) is 10.6. The van der Waals surface area contributed by atoms with Gasteiger partial charge in [-0.25, -0.2) is 4.79 Å². The smallest absolute Gasteiger partial charge is 0.328 e. The summed E-state index contributed by atoms with van der Waals surface area (Å²) in [5.74, 6) is -0.444. The Morgan fingerprint density at radius 2 is 1.88 bits per heavy atom. The first-order valence-corrected chi connectivity index (χ1v) is 9.07. The third-order valence-electron chi connectivity index (χ3n) is 4.58. The number of benzene rings is 2. The fourth-order valence-electron chi connectivity index (χ4n) is 3.12. The largest absolute Gasteiger partial charge is 0.467 e. The topological polar surface area (TPSA) is 75.6 Å². The van der Waals surface area contributed by atoms with Gasteiger partial charge in [-0.15, -0.1) is 0 Å². The zero-order chi connectivity index (χ0) is 18.8. The molecule has 1 aliphatic rings. The van der Waals surface area contributed by atoms with E-state index < -0.39 is 12.0 Å². The summed E-state index contributed by atoms with van der Waals surface area (Å²) in [4.78, 5) is 22.0. The number of fused-ring (bicyclic) bond motifs is 1. The summed E-state index contributed by atoms with van der Waals surface area (Å²) < 4.78 is 4.66. The normalized spacial score (nSPS) is 15.5. The van der Waals surface area contributed by atoms with E-state index in [4.69, 9.17) is 5.11 Å². The minimum Gasteiger partial charge on any atom is -0.467 e. The van der Waals surface area contributed by atoms with Crippen molar-refractivity contribution in [3.05, 3.63) is 48.0 Å². The summed E-state index contributed by atoms with van der Waals surface area (Å²) >= 11 is 0. The number of amides is 1. The van der Waals surface area contributed by atoms with Crippen LogP contribution in [0.25, 0.3) is 10.8 Å². The van der Waals surface area contributed by atoms with Crippen LogP contribution in [0.15, 0.2) is 42.5 Å². The Morgan fingerprint density at radius 1 is 1.19 bits per heavy atom. The Balaban J connectivity index is 0.000000290. The number of ether oxygens (including phenoxy) is 1. The molecule has 0 bridgehead atoms. The van der Waals surface area contributed by atoms with Crippen LogP contribution in [-0.2, 0) is 20.7 Å². The van der Waals surface area contributed by atoms with E-state index in [2.05, 4.69) is 10.1 Å². The molecule has 2 aromatic rings.